The van der Waals surface area contributed by atoms with Gasteiger partial charge in [0.1, 0.15) is 11.8 Å². The summed E-state index contributed by atoms with van der Waals surface area (Å²) < 4.78 is 7.91. The normalized spacial score (nSPS) is 15.2. The molecule has 2 aromatic carbocycles. The van der Waals surface area contributed by atoms with Crippen molar-refractivity contribution in [3.05, 3.63) is 90.6 Å². The summed E-state index contributed by atoms with van der Waals surface area (Å²) in [4.78, 5) is 37.1. The lowest BCUT2D eigenvalue weighted by atomic mass is 9.94. The molecule has 0 unspecified atom stereocenters. The zero-order valence-corrected chi connectivity index (χ0v) is 23.8. The minimum atomic E-state index is -0.636. The van der Waals surface area contributed by atoms with Crippen LogP contribution in [-0.2, 0) is 4.79 Å². The Balaban J connectivity index is 1.90. The lowest BCUT2D eigenvalue weighted by Gasteiger charge is -2.29. The minimum absolute atomic E-state index is 0.117. The first kappa shape index (κ1) is 27.4. The maximum absolute atomic E-state index is 13.9. The third kappa shape index (κ3) is 5.05. The number of thiazole rings is 1. The molecule has 0 radical (unpaired) electrons. The summed E-state index contributed by atoms with van der Waals surface area (Å²) in [5, 5.41) is 0. The molecule has 0 spiro atoms. The number of hydrogen-bond donors (Lipinski definition) is 0. The first-order valence-corrected chi connectivity index (χ1v) is 14.0. The van der Waals surface area contributed by atoms with Crippen LogP contribution < -0.4 is 24.5 Å². The van der Waals surface area contributed by atoms with Gasteiger partial charge in [0.15, 0.2) is 4.80 Å². The summed E-state index contributed by atoms with van der Waals surface area (Å²) in [5.74, 6) is 0.507. The Morgan fingerprint density at radius 2 is 1.68 bits per heavy atom. The molecule has 1 aliphatic rings. The third-order valence-electron chi connectivity index (χ3n) is 7.06. The zero-order valence-electron chi connectivity index (χ0n) is 23.0. The molecule has 0 saturated carbocycles. The smallest absolute Gasteiger partial charge is 0.271 e. The fourth-order valence-corrected chi connectivity index (χ4v) is 6.03. The Morgan fingerprint density at radius 1 is 1.03 bits per heavy atom. The number of carbonyl (C=O) groups is 1. The van der Waals surface area contributed by atoms with E-state index in [1.165, 1.54) is 11.3 Å². The quantitative estimate of drug-likeness (QED) is 0.419. The molecular formula is C30H36N4O3S. The van der Waals surface area contributed by atoms with Gasteiger partial charge in [0.25, 0.3) is 11.5 Å². The van der Waals surface area contributed by atoms with E-state index in [-0.39, 0.29) is 11.5 Å². The fourth-order valence-electron chi connectivity index (χ4n) is 4.98. The molecule has 0 N–H and O–H groups in total. The molecule has 38 heavy (non-hydrogen) atoms. The number of rotatable bonds is 9. The van der Waals surface area contributed by atoms with Gasteiger partial charge >= 0.3 is 0 Å². The molecule has 7 nitrogen and oxygen atoms in total. The number of benzene rings is 2. The van der Waals surface area contributed by atoms with Crippen molar-refractivity contribution in [2.24, 2.45) is 4.99 Å². The molecule has 0 aliphatic carbocycles. The second kappa shape index (κ2) is 11.8. The Morgan fingerprint density at radius 3 is 2.29 bits per heavy atom. The van der Waals surface area contributed by atoms with E-state index in [1.54, 1.807) is 16.6 Å². The average molecular weight is 533 g/mol. The highest BCUT2D eigenvalue weighted by atomic mass is 32.1. The van der Waals surface area contributed by atoms with Crippen molar-refractivity contribution in [2.45, 2.75) is 40.7 Å². The third-order valence-corrected chi connectivity index (χ3v) is 8.04. The van der Waals surface area contributed by atoms with Crippen molar-refractivity contribution in [1.29, 1.82) is 0 Å². The van der Waals surface area contributed by atoms with Gasteiger partial charge in [0, 0.05) is 37.4 Å². The number of allylic oxidation sites excluding steroid dienone is 1. The molecule has 4 rings (SSSR count). The molecule has 0 bridgehead atoms. The Kier molecular flexibility index (Phi) is 8.52. The molecule has 3 aromatic rings. The number of aromatic nitrogens is 1. The summed E-state index contributed by atoms with van der Waals surface area (Å²) in [5.41, 5.74) is 3.80. The van der Waals surface area contributed by atoms with E-state index in [0.29, 0.717) is 39.4 Å². The minimum Gasteiger partial charge on any atom is -0.496 e. The van der Waals surface area contributed by atoms with Gasteiger partial charge in [0.2, 0.25) is 0 Å². The average Bonchev–Trinajstić information content (AvgIpc) is 3.24. The van der Waals surface area contributed by atoms with Crippen molar-refractivity contribution >= 4 is 29.0 Å². The second-order valence-electron chi connectivity index (χ2n) is 9.07. The predicted octanol–water partition coefficient (Wildman–Crippen LogP) is 3.96. The Bertz CT molecular complexity index is 1510. The van der Waals surface area contributed by atoms with E-state index in [4.69, 9.17) is 9.73 Å². The van der Waals surface area contributed by atoms with Crippen LogP contribution in [0.4, 0.5) is 5.69 Å². The van der Waals surface area contributed by atoms with Gasteiger partial charge in [-0.25, -0.2) is 4.99 Å². The maximum Gasteiger partial charge on any atom is 0.271 e. The lowest BCUT2D eigenvalue weighted by molar-refractivity contribution is -0.127. The van der Waals surface area contributed by atoms with Gasteiger partial charge in [-0.3, -0.25) is 14.2 Å². The van der Waals surface area contributed by atoms with Crippen LogP contribution in [0.5, 0.6) is 5.75 Å². The highest BCUT2D eigenvalue weighted by Crippen LogP contribution is 2.36. The number of nitrogens with zero attached hydrogens (tertiary/aromatic N) is 4. The van der Waals surface area contributed by atoms with Crippen LogP contribution in [0.1, 0.15) is 51.8 Å². The topological polar surface area (TPSA) is 67.1 Å². The molecular weight excluding hydrogens is 496 g/mol. The SMILES string of the molecule is CCN(CC)C(=O)C1=C(C)N=c2s/c(=C/c3ccc(N(CC)CC)cc3)c(=O)n2[C@H]1c1ccccc1OC. The van der Waals surface area contributed by atoms with Crippen LogP contribution in [0, 0.1) is 0 Å². The van der Waals surface area contributed by atoms with Crippen LogP contribution in [-0.4, -0.2) is 48.7 Å². The van der Waals surface area contributed by atoms with E-state index in [0.717, 1.165) is 29.9 Å². The van der Waals surface area contributed by atoms with Gasteiger partial charge in [-0.15, -0.1) is 0 Å². The maximum atomic E-state index is 13.9. The van der Waals surface area contributed by atoms with Crippen molar-refractivity contribution in [3.63, 3.8) is 0 Å². The molecule has 1 aromatic heterocycles. The number of hydrogen-bond acceptors (Lipinski definition) is 6. The fraction of sp³-hybridized carbons (Fsp3) is 0.367. The van der Waals surface area contributed by atoms with E-state index in [2.05, 4.69) is 30.9 Å². The van der Waals surface area contributed by atoms with Crippen molar-refractivity contribution in [3.8, 4) is 5.75 Å². The van der Waals surface area contributed by atoms with E-state index < -0.39 is 6.04 Å². The van der Waals surface area contributed by atoms with Gasteiger partial charge in [-0.05, 0) is 64.5 Å². The first-order valence-electron chi connectivity index (χ1n) is 13.2. The molecule has 1 amide bonds. The summed E-state index contributed by atoms with van der Waals surface area (Å²) in [7, 11) is 1.60. The Labute approximate surface area is 228 Å². The predicted molar refractivity (Wildman–Crippen MR) is 155 cm³/mol. The standard InChI is InChI=1S/C30H36N4O3S/c1-7-32(8-2)22-17-15-21(16-18-22)19-25-28(35)34-27(23-13-11-12-14-24(23)37-6)26(20(5)31-30(34)38-25)29(36)33(9-3)10-4/h11-19,27H,7-10H2,1-6H3/b25-19+/t27-/m0/s1. The Hall–Kier alpha value is -3.65. The molecule has 200 valence electrons. The van der Waals surface area contributed by atoms with E-state index in [1.807, 2.05) is 63.2 Å². The van der Waals surface area contributed by atoms with Gasteiger partial charge in [0.05, 0.1) is 22.9 Å². The van der Waals surface area contributed by atoms with Crippen molar-refractivity contribution in [1.82, 2.24) is 9.47 Å². The number of amides is 1. The number of methoxy groups -OCH3 is 1. The second-order valence-corrected chi connectivity index (χ2v) is 10.1. The van der Waals surface area contributed by atoms with Crippen LogP contribution in [0.15, 0.2) is 69.6 Å². The molecule has 8 heteroatoms. The zero-order chi connectivity index (χ0) is 27.4. The van der Waals surface area contributed by atoms with E-state index >= 15 is 0 Å². The molecule has 1 atom stereocenters. The summed E-state index contributed by atoms with van der Waals surface area (Å²) in [6.45, 7) is 13.0. The van der Waals surface area contributed by atoms with Gasteiger partial charge < -0.3 is 14.5 Å². The van der Waals surface area contributed by atoms with Crippen LogP contribution in [0.25, 0.3) is 6.08 Å². The molecule has 1 aliphatic heterocycles. The number of carbonyl (C=O) groups excluding carboxylic acids is 1. The van der Waals surface area contributed by atoms with Crippen LogP contribution in [0.2, 0.25) is 0 Å². The number of para-hydroxylation sites is 1. The monoisotopic (exact) mass is 532 g/mol. The van der Waals surface area contributed by atoms with E-state index in [9.17, 15) is 9.59 Å². The number of fused-ring (bicyclic) bond motifs is 1. The van der Waals surface area contributed by atoms with Crippen molar-refractivity contribution < 1.29 is 9.53 Å². The molecule has 0 fully saturated rings. The highest BCUT2D eigenvalue weighted by Gasteiger charge is 2.35. The first-order chi connectivity index (χ1) is 18.4. The van der Waals surface area contributed by atoms with Gasteiger partial charge in [-0.1, -0.05) is 41.7 Å². The molecule has 0 saturated heterocycles. The van der Waals surface area contributed by atoms with Crippen molar-refractivity contribution in [2.75, 3.05) is 38.2 Å². The largest absolute Gasteiger partial charge is 0.496 e. The van der Waals surface area contributed by atoms with Crippen LogP contribution >= 0.6 is 11.3 Å². The molecule has 2 heterocycles. The number of ether oxygens (including phenoxy) is 1. The summed E-state index contributed by atoms with van der Waals surface area (Å²) in [6.07, 6.45) is 1.90. The lowest BCUT2D eigenvalue weighted by Crippen LogP contribution is -2.43. The summed E-state index contributed by atoms with van der Waals surface area (Å²) >= 11 is 1.34. The van der Waals surface area contributed by atoms with Crippen LogP contribution in [0.3, 0.4) is 0 Å². The highest BCUT2D eigenvalue weighted by molar-refractivity contribution is 7.07. The summed E-state index contributed by atoms with van der Waals surface area (Å²) in [6, 6.07) is 15.2. The van der Waals surface area contributed by atoms with Gasteiger partial charge in [-0.2, -0.15) is 0 Å². The number of likely N-dealkylation sites (N-methyl/N-ethyl adjacent to an activating group) is 1. The number of anilines is 1.